The summed E-state index contributed by atoms with van der Waals surface area (Å²) in [4.78, 5) is 9.63. The van der Waals surface area contributed by atoms with Gasteiger partial charge in [-0.1, -0.05) is 6.92 Å². The second kappa shape index (κ2) is 9.71. The molecule has 0 bridgehead atoms. The molecule has 0 radical (unpaired) electrons. The number of piperidine rings is 1. The SMILES string of the molecule is CCOC1CC(CN=C(N)N2CCC(C)CC2)(N2CCOCC2)C1.I. The van der Waals surface area contributed by atoms with Crippen LogP contribution < -0.4 is 5.73 Å². The van der Waals surface area contributed by atoms with Gasteiger partial charge in [0, 0.05) is 38.3 Å². The second-order valence-electron chi connectivity index (χ2n) is 7.65. The largest absolute Gasteiger partial charge is 0.379 e. The van der Waals surface area contributed by atoms with Crippen LogP contribution in [0.1, 0.15) is 39.5 Å². The van der Waals surface area contributed by atoms with E-state index in [1.165, 1.54) is 12.8 Å². The van der Waals surface area contributed by atoms with Crippen molar-refractivity contribution in [1.82, 2.24) is 9.80 Å². The maximum atomic E-state index is 6.30. The Morgan fingerprint density at radius 1 is 1.20 bits per heavy atom. The Hall–Kier alpha value is -0.120. The van der Waals surface area contributed by atoms with E-state index >= 15 is 0 Å². The van der Waals surface area contributed by atoms with Gasteiger partial charge < -0.3 is 20.1 Å². The molecule has 2 N–H and O–H groups in total. The van der Waals surface area contributed by atoms with Crippen molar-refractivity contribution in [2.75, 3.05) is 52.5 Å². The van der Waals surface area contributed by atoms with Crippen LogP contribution in [0.2, 0.25) is 0 Å². The Morgan fingerprint density at radius 3 is 2.44 bits per heavy atom. The lowest BCUT2D eigenvalue weighted by Crippen LogP contribution is -2.64. The molecule has 3 rings (SSSR count). The minimum Gasteiger partial charge on any atom is -0.379 e. The van der Waals surface area contributed by atoms with Gasteiger partial charge in [-0.05, 0) is 38.5 Å². The zero-order valence-electron chi connectivity index (χ0n) is 15.8. The number of guanidine groups is 1. The fourth-order valence-electron chi connectivity index (χ4n) is 4.23. The Balaban J connectivity index is 0.00000225. The first-order valence-electron chi connectivity index (χ1n) is 9.62. The third-order valence-electron chi connectivity index (χ3n) is 5.94. The lowest BCUT2D eigenvalue weighted by atomic mass is 9.72. The van der Waals surface area contributed by atoms with E-state index in [0.29, 0.717) is 6.10 Å². The number of likely N-dealkylation sites (tertiary alicyclic amines) is 1. The molecule has 0 aromatic heterocycles. The van der Waals surface area contributed by atoms with E-state index in [1.807, 2.05) is 0 Å². The molecule has 2 saturated heterocycles. The number of nitrogens with zero attached hydrogens (tertiary/aromatic N) is 3. The lowest BCUT2D eigenvalue weighted by Gasteiger charge is -2.54. The smallest absolute Gasteiger partial charge is 0.191 e. The van der Waals surface area contributed by atoms with E-state index in [0.717, 1.165) is 77.3 Å². The van der Waals surface area contributed by atoms with Gasteiger partial charge in [0.2, 0.25) is 0 Å². The first-order chi connectivity index (χ1) is 11.6. The molecular formula is C18H35IN4O2. The summed E-state index contributed by atoms with van der Waals surface area (Å²) < 4.78 is 11.3. The number of aliphatic imine (C=N–C) groups is 1. The zero-order chi connectivity index (χ0) is 17.0. The monoisotopic (exact) mass is 466 g/mol. The van der Waals surface area contributed by atoms with E-state index in [2.05, 4.69) is 23.6 Å². The van der Waals surface area contributed by atoms with Gasteiger partial charge in [0.05, 0.1) is 25.9 Å². The standard InChI is InChI=1S/C18H34N4O2.HI/c1-3-24-16-12-18(13-16,22-8-10-23-11-9-22)14-20-17(19)21-6-4-15(2)5-7-21;/h15-16H,3-14H2,1-2H3,(H2,19,20);1H. The Bertz CT molecular complexity index is 429. The van der Waals surface area contributed by atoms with E-state index in [9.17, 15) is 0 Å². The fraction of sp³-hybridized carbons (Fsp3) is 0.944. The third-order valence-corrected chi connectivity index (χ3v) is 5.94. The number of ether oxygens (including phenoxy) is 2. The van der Waals surface area contributed by atoms with Crippen LogP contribution in [-0.2, 0) is 9.47 Å². The van der Waals surface area contributed by atoms with E-state index in [1.54, 1.807) is 0 Å². The molecular weight excluding hydrogens is 431 g/mol. The van der Waals surface area contributed by atoms with Crippen molar-refractivity contribution in [1.29, 1.82) is 0 Å². The molecule has 1 aliphatic carbocycles. The maximum Gasteiger partial charge on any atom is 0.191 e. The Kier molecular flexibility index (Phi) is 8.23. The van der Waals surface area contributed by atoms with Gasteiger partial charge in [-0.2, -0.15) is 0 Å². The van der Waals surface area contributed by atoms with E-state index in [4.69, 9.17) is 20.2 Å². The van der Waals surface area contributed by atoms with Crippen LogP contribution in [-0.4, -0.2) is 79.9 Å². The van der Waals surface area contributed by atoms with Crippen LogP contribution >= 0.6 is 24.0 Å². The molecule has 3 aliphatic rings. The van der Waals surface area contributed by atoms with Crippen molar-refractivity contribution in [3.8, 4) is 0 Å². The van der Waals surface area contributed by atoms with Crippen LogP contribution in [0, 0.1) is 5.92 Å². The van der Waals surface area contributed by atoms with Crippen LogP contribution in [0.25, 0.3) is 0 Å². The highest BCUT2D eigenvalue weighted by molar-refractivity contribution is 14.0. The molecule has 146 valence electrons. The summed E-state index contributed by atoms with van der Waals surface area (Å²) in [5, 5.41) is 0. The molecule has 0 unspecified atom stereocenters. The molecule has 1 saturated carbocycles. The number of rotatable bonds is 5. The summed E-state index contributed by atoms with van der Waals surface area (Å²) >= 11 is 0. The van der Waals surface area contributed by atoms with Crippen LogP contribution in [0.4, 0.5) is 0 Å². The molecule has 25 heavy (non-hydrogen) atoms. The summed E-state index contributed by atoms with van der Waals surface area (Å²) in [5.41, 5.74) is 6.43. The van der Waals surface area contributed by atoms with Gasteiger partial charge in [-0.25, -0.2) is 0 Å². The summed E-state index contributed by atoms with van der Waals surface area (Å²) in [6, 6.07) is 0. The fourth-order valence-corrected chi connectivity index (χ4v) is 4.23. The van der Waals surface area contributed by atoms with Crippen molar-refractivity contribution in [3.63, 3.8) is 0 Å². The zero-order valence-corrected chi connectivity index (χ0v) is 18.1. The Morgan fingerprint density at radius 2 is 1.84 bits per heavy atom. The highest BCUT2D eigenvalue weighted by atomic mass is 127. The summed E-state index contributed by atoms with van der Waals surface area (Å²) in [6.07, 6.45) is 4.95. The molecule has 0 aromatic carbocycles. The summed E-state index contributed by atoms with van der Waals surface area (Å²) in [7, 11) is 0. The van der Waals surface area contributed by atoms with Crippen LogP contribution in [0.5, 0.6) is 0 Å². The first kappa shape index (κ1) is 21.2. The predicted octanol–water partition coefficient (Wildman–Crippen LogP) is 1.92. The third kappa shape index (κ3) is 5.20. The van der Waals surface area contributed by atoms with E-state index in [-0.39, 0.29) is 29.5 Å². The van der Waals surface area contributed by atoms with Crippen molar-refractivity contribution < 1.29 is 9.47 Å². The molecule has 3 fully saturated rings. The number of hydrogen-bond acceptors (Lipinski definition) is 4. The summed E-state index contributed by atoms with van der Waals surface area (Å²) in [6.45, 7) is 11.7. The van der Waals surface area contributed by atoms with Crippen molar-refractivity contribution in [2.24, 2.45) is 16.6 Å². The van der Waals surface area contributed by atoms with Gasteiger partial charge in [0.1, 0.15) is 0 Å². The maximum absolute atomic E-state index is 6.30. The lowest BCUT2D eigenvalue weighted by molar-refractivity contribution is -0.122. The highest BCUT2D eigenvalue weighted by Gasteiger charge is 2.49. The summed E-state index contributed by atoms with van der Waals surface area (Å²) in [5.74, 6) is 1.54. The van der Waals surface area contributed by atoms with Gasteiger partial charge in [0.15, 0.2) is 5.96 Å². The molecule has 0 amide bonds. The van der Waals surface area contributed by atoms with Gasteiger partial charge in [0.25, 0.3) is 0 Å². The quantitative estimate of drug-likeness (QED) is 0.381. The number of morpholine rings is 1. The van der Waals surface area contributed by atoms with Crippen molar-refractivity contribution in [3.05, 3.63) is 0 Å². The number of hydrogen-bond donors (Lipinski definition) is 1. The molecule has 2 aliphatic heterocycles. The topological polar surface area (TPSA) is 63.3 Å². The first-order valence-corrected chi connectivity index (χ1v) is 9.62. The second-order valence-corrected chi connectivity index (χ2v) is 7.65. The molecule has 0 atom stereocenters. The number of halogens is 1. The minimum absolute atomic E-state index is 0. The normalized spacial score (nSPS) is 32.2. The van der Waals surface area contributed by atoms with Crippen molar-refractivity contribution in [2.45, 2.75) is 51.2 Å². The molecule has 7 heteroatoms. The molecule has 2 heterocycles. The molecule has 0 aromatic rings. The highest BCUT2D eigenvalue weighted by Crippen LogP contribution is 2.40. The number of nitrogens with two attached hydrogens (primary N) is 1. The molecule has 0 spiro atoms. The van der Waals surface area contributed by atoms with Gasteiger partial charge in [-0.15, -0.1) is 24.0 Å². The minimum atomic E-state index is 0. The Labute approximate surface area is 169 Å². The van der Waals surface area contributed by atoms with Crippen molar-refractivity contribution >= 4 is 29.9 Å². The molecule has 6 nitrogen and oxygen atoms in total. The van der Waals surface area contributed by atoms with Crippen LogP contribution in [0.3, 0.4) is 0 Å². The van der Waals surface area contributed by atoms with Crippen LogP contribution in [0.15, 0.2) is 4.99 Å². The van der Waals surface area contributed by atoms with Gasteiger partial charge >= 0.3 is 0 Å². The van der Waals surface area contributed by atoms with E-state index < -0.39 is 0 Å². The predicted molar refractivity (Wildman–Crippen MR) is 112 cm³/mol. The van der Waals surface area contributed by atoms with Gasteiger partial charge in [-0.3, -0.25) is 9.89 Å². The average Bonchev–Trinajstić information content (AvgIpc) is 2.58. The average molecular weight is 466 g/mol.